The molecule has 5 heteroatoms. The van der Waals surface area contributed by atoms with Crippen molar-refractivity contribution >= 4 is 23.4 Å². The molecule has 1 aromatic heterocycles. The minimum atomic E-state index is -0.0536. The lowest BCUT2D eigenvalue weighted by Crippen LogP contribution is -2.14. The van der Waals surface area contributed by atoms with E-state index in [0.29, 0.717) is 11.7 Å². The molecule has 1 amide bonds. The molecule has 0 unspecified atom stereocenters. The summed E-state index contributed by atoms with van der Waals surface area (Å²) in [6.45, 7) is 6.35. The Morgan fingerprint density at radius 1 is 1.00 bits per heavy atom. The smallest absolute Gasteiger partial charge is 0.234 e. The van der Waals surface area contributed by atoms with E-state index in [1.807, 2.05) is 54.6 Å². The van der Waals surface area contributed by atoms with Crippen molar-refractivity contribution in [3.63, 3.8) is 0 Å². The van der Waals surface area contributed by atoms with Crippen molar-refractivity contribution in [1.29, 1.82) is 0 Å². The number of aryl methyl sites for hydroxylation is 1. The number of hydrogen-bond acceptors (Lipinski definition) is 4. The molecule has 0 bridgehead atoms. The Morgan fingerprint density at radius 3 is 2.37 bits per heavy atom. The van der Waals surface area contributed by atoms with Crippen LogP contribution in [0.2, 0.25) is 0 Å². The lowest BCUT2D eigenvalue weighted by Gasteiger charge is -2.08. The molecule has 0 atom stereocenters. The van der Waals surface area contributed by atoms with E-state index in [9.17, 15) is 4.79 Å². The van der Waals surface area contributed by atoms with Gasteiger partial charge in [0, 0.05) is 11.3 Å². The number of amides is 1. The van der Waals surface area contributed by atoms with Gasteiger partial charge in [0.15, 0.2) is 0 Å². The van der Waals surface area contributed by atoms with Crippen LogP contribution in [0.5, 0.6) is 0 Å². The van der Waals surface area contributed by atoms with Gasteiger partial charge in [0.05, 0.1) is 11.4 Å². The van der Waals surface area contributed by atoms with Crippen LogP contribution in [-0.2, 0) is 4.79 Å². The quantitative estimate of drug-likeness (QED) is 0.592. The highest BCUT2D eigenvalue weighted by molar-refractivity contribution is 7.99. The SMILES string of the molecule is Cc1ccccc1-c1ccc(SCC(=O)Nc2ccc(C(C)C)cc2)nn1. The molecule has 0 radical (unpaired) electrons. The minimum absolute atomic E-state index is 0.0536. The number of anilines is 1. The number of carbonyl (C=O) groups is 1. The van der Waals surface area contributed by atoms with Crippen molar-refractivity contribution in [2.45, 2.75) is 31.7 Å². The summed E-state index contributed by atoms with van der Waals surface area (Å²) in [6.07, 6.45) is 0. The second-order valence-electron chi connectivity index (χ2n) is 6.69. The molecular weight excluding hydrogens is 354 g/mol. The standard InChI is InChI=1S/C22H23N3OS/c1-15(2)17-8-10-18(11-9-17)23-21(26)14-27-22-13-12-20(24-25-22)19-7-5-4-6-16(19)3/h4-13,15H,14H2,1-3H3,(H,23,26). The maximum atomic E-state index is 12.2. The van der Waals surface area contributed by atoms with E-state index in [1.54, 1.807) is 0 Å². The molecule has 0 saturated carbocycles. The van der Waals surface area contributed by atoms with Crippen molar-refractivity contribution in [3.8, 4) is 11.3 Å². The number of thioether (sulfide) groups is 1. The Morgan fingerprint density at radius 2 is 1.74 bits per heavy atom. The number of hydrogen-bond donors (Lipinski definition) is 1. The van der Waals surface area contributed by atoms with Crippen molar-refractivity contribution in [2.24, 2.45) is 0 Å². The van der Waals surface area contributed by atoms with E-state index in [4.69, 9.17) is 0 Å². The molecule has 27 heavy (non-hydrogen) atoms. The van der Waals surface area contributed by atoms with Gasteiger partial charge < -0.3 is 5.32 Å². The van der Waals surface area contributed by atoms with E-state index < -0.39 is 0 Å². The van der Waals surface area contributed by atoms with Crippen LogP contribution in [-0.4, -0.2) is 21.9 Å². The van der Waals surface area contributed by atoms with Crippen molar-refractivity contribution < 1.29 is 4.79 Å². The number of rotatable bonds is 6. The Kier molecular flexibility index (Phi) is 6.24. The summed E-state index contributed by atoms with van der Waals surface area (Å²) in [5.74, 6) is 0.721. The molecule has 138 valence electrons. The first-order chi connectivity index (χ1) is 13.0. The van der Waals surface area contributed by atoms with Gasteiger partial charge in [-0.1, -0.05) is 62.0 Å². The zero-order valence-corrected chi connectivity index (χ0v) is 16.6. The van der Waals surface area contributed by atoms with E-state index in [-0.39, 0.29) is 5.91 Å². The van der Waals surface area contributed by atoms with Crippen molar-refractivity contribution in [3.05, 3.63) is 71.8 Å². The van der Waals surface area contributed by atoms with E-state index >= 15 is 0 Å². The Balaban J connectivity index is 1.55. The van der Waals surface area contributed by atoms with Crippen LogP contribution in [0.1, 0.15) is 30.9 Å². The normalized spacial score (nSPS) is 10.8. The highest BCUT2D eigenvalue weighted by atomic mass is 32.2. The topological polar surface area (TPSA) is 54.9 Å². The first kappa shape index (κ1) is 19.1. The van der Waals surface area contributed by atoms with Gasteiger partial charge in [0.25, 0.3) is 0 Å². The average Bonchev–Trinajstić information content (AvgIpc) is 2.68. The molecule has 0 aliphatic carbocycles. The summed E-state index contributed by atoms with van der Waals surface area (Å²) in [5, 5.41) is 12.2. The predicted octanol–water partition coefficient (Wildman–Crippen LogP) is 5.31. The molecule has 0 aliphatic rings. The number of nitrogens with one attached hydrogen (secondary N) is 1. The lowest BCUT2D eigenvalue weighted by atomic mass is 10.0. The minimum Gasteiger partial charge on any atom is -0.325 e. The predicted molar refractivity (Wildman–Crippen MR) is 112 cm³/mol. The zero-order chi connectivity index (χ0) is 19.2. The van der Waals surface area contributed by atoms with Crippen LogP contribution in [0.3, 0.4) is 0 Å². The van der Waals surface area contributed by atoms with Crippen LogP contribution in [0.4, 0.5) is 5.69 Å². The molecule has 0 fully saturated rings. The number of aromatic nitrogens is 2. The summed E-state index contributed by atoms with van der Waals surface area (Å²) >= 11 is 1.38. The molecule has 1 heterocycles. The van der Waals surface area contributed by atoms with Gasteiger partial charge in [-0.15, -0.1) is 10.2 Å². The monoisotopic (exact) mass is 377 g/mol. The Bertz CT molecular complexity index is 906. The van der Waals surface area contributed by atoms with Gasteiger partial charge in [0.1, 0.15) is 5.03 Å². The largest absolute Gasteiger partial charge is 0.325 e. The molecule has 4 nitrogen and oxygen atoms in total. The van der Waals surface area contributed by atoms with Gasteiger partial charge in [-0.05, 0) is 48.2 Å². The molecule has 0 aliphatic heterocycles. The molecule has 3 aromatic rings. The van der Waals surface area contributed by atoms with Crippen LogP contribution < -0.4 is 5.32 Å². The molecule has 2 aromatic carbocycles. The second-order valence-corrected chi connectivity index (χ2v) is 7.68. The van der Waals surface area contributed by atoms with E-state index in [2.05, 4.69) is 42.4 Å². The fourth-order valence-electron chi connectivity index (χ4n) is 2.69. The Hall–Kier alpha value is -2.66. The van der Waals surface area contributed by atoms with Crippen LogP contribution >= 0.6 is 11.8 Å². The lowest BCUT2D eigenvalue weighted by molar-refractivity contribution is -0.113. The summed E-state index contributed by atoms with van der Waals surface area (Å²) in [7, 11) is 0. The van der Waals surface area contributed by atoms with Gasteiger partial charge in [-0.2, -0.15) is 0 Å². The van der Waals surface area contributed by atoms with E-state index in [0.717, 1.165) is 27.5 Å². The summed E-state index contributed by atoms with van der Waals surface area (Å²) in [4.78, 5) is 12.2. The number of benzene rings is 2. The van der Waals surface area contributed by atoms with Gasteiger partial charge in [0.2, 0.25) is 5.91 Å². The van der Waals surface area contributed by atoms with Crippen LogP contribution in [0.15, 0.2) is 65.7 Å². The maximum Gasteiger partial charge on any atom is 0.234 e. The first-order valence-corrected chi connectivity index (χ1v) is 9.94. The third-order valence-corrected chi connectivity index (χ3v) is 5.19. The highest BCUT2D eigenvalue weighted by Crippen LogP contribution is 2.23. The average molecular weight is 378 g/mol. The summed E-state index contributed by atoms with van der Waals surface area (Å²) < 4.78 is 0. The van der Waals surface area contributed by atoms with Crippen molar-refractivity contribution in [2.75, 3.05) is 11.1 Å². The van der Waals surface area contributed by atoms with Gasteiger partial charge >= 0.3 is 0 Å². The molecular formula is C22H23N3OS. The van der Waals surface area contributed by atoms with Crippen LogP contribution in [0, 0.1) is 6.92 Å². The first-order valence-electron chi connectivity index (χ1n) is 8.95. The third-order valence-electron chi connectivity index (χ3n) is 4.27. The highest BCUT2D eigenvalue weighted by Gasteiger charge is 2.08. The second kappa shape index (κ2) is 8.82. The van der Waals surface area contributed by atoms with Gasteiger partial charge in [-0.25, -0.2) is 0 Å². The van der Waals surface area contributed by atoms with Gasteiger partial charge in [-0.3, -0.25) is 4.79 Å². The number of carbonyl (C=O) groups excluding carboxylic acids is 1. The van der Waals surface area contributed by atoms with Crippen molar-refractivity contribution in [1.82, 2.24) is 10.2 Å². The summed E-state index contributed by atoms with van der Waals surface area (Å²) in [6, 6.07) is 19.9. The summed E-state index contributed by atoms with van der Waals surface area (Å²) in [5.41, 5.74) is 5.14. The molecule has 1 N–H and O–H groups in total. The molecule has 0 saturated heterocycles. The molecule has 3 rings (SSSR count). The fraction of sp³-hybridized carbons (Fsp3) is 0.227. The Labute approximate surface area is 164 Å². The maximum absolute atomic E-state index is 12.2. The van der Waals surface area contributed by atoms with E-state index in [1.165, 1.54) is 17.3 Å². The fourth-order valence-corrected chi connectivity index (χ4v) is 3.30. The molecule has 0 spiro atoms. The van der Waals surface area contributed by atoms with Crippen LogP contribution in [0.25, 0.3) is 11.3 Å². The third kappa shape index (κ3) is 5.17. The zero-order valence-electron chi connectivity index (χ0n) is 15.8. The number of nitrogens with zero attached hydrogens (tertiary/aromatic N) is 2.